The van der Waals surface area contributed by atoms with Gasteiger partial charge in [0.05, 0.1) is 0 Å². The average molecular weight is 305 g/mol. The molecular formula is C17H27N3O2. The Morgan fingerprint density at radius 3 is 2.36 bits per heavy atom. The second-order valence-corrected chi connectivity index (χ2v) is 6.87. The number of amides is 1. The number of nitrogens with two attached hydrogens (primary N) is 2. The lowest BCUT2D eigenvalue weighted by molar-refractivity contribution is 0.0216. The van der Waals surface area contributed by atoms with Crippen molar-refractivity contribution in [3.8, 4) is 0 Å². The number of hydrogen-bond acceptors (Lipinski definition) is 4. The third kappa shape index (κ3) is 5.13. The van der Waals surface area contributed by atoms with Crippen LogP contribution in [0.2, 0.25) is 0 Å². The van der Waals surface area contributed by atoms with E-state index in [0.29, 0.717) is 12.0 Å². The monoisotopic (exact) mass is 305 g/mol. The minimum atomic E-state index is -0.691. The summed E-state index contributed by atoms with van der Waals surface area (Å²) in [6, 6.07) is 8.37. The van der Waals surface area contributed by atoms with Gasteiger partial charge in [-0.1, -0.05) is 0 Å². The standard InChI is InChI=1S/C17H27N3O2/c1-17(2,22-16(19)21)11-12-3-7-14(8-4-12)20-15-9-5-13(18)6-10-15/h5-6,9-10,12,14,20H,3-4,7-8,11,18H2,1-2H3,(H2,19,21). The zero-order valence-corrected chi connectivity index (χ0v) is 13.5. The van der Waals surface area contributed by atoms with Gasteiger partial charge in [-0.15, -0.1) is 0 Å². The SMILES string of the molecule is CC(C)(CC1CCC(Nc2ccc(N)cc2)CC1)OC(N)=O. The summed E-state index contributed by atoms with van der Waals surface area (Å²) in [6.07, 6.45) is 4.70. The number of nitrogen functional groups attached to an aromatic ring is 1. The summed E-state index contributed by atoms with van der Waals surface area (Å²) < 4.78 is 5.19. The maximum absolute atomic E-state index is 10.9. The maximum atomic E-state index is 10.9. The van der Waals surface area contributed by atoms with Gasteiger partial charge in [0.15, 0.2) is 0 Å². The van der Waals surface area contributed by atoms with E-state index in [1.807, 2.05) is 38.1 Å². The first kappa shape index (κ1) is 16.5. The van der Waals surface area contributed by atoms with E-state index < -0.39 is 11.7 Å². The van der Waals surface area contributed by atoms with Gasteiger partial charge >= 0.3 is 6.09 Å². The molecule has 1 aromatic carbocycles. The molecule has 2 rings (SSSR count). The van der Waals surface area contributed by atoms with Crippen LogP contribution < -0.4 is 16.8 Å². The predicted octanol–water partition coefficient (Wildman–Crippen LogP) is 3.50. The van der Waals surface area contributed by atoms with Crippen LogP contribution in [0.25, 0.3) is 0 Å². The van der Waals surface area contributed by atoms with E-state index in [2.05, 4.69) is 5.32 Å². The fourth-order valence-electron chi connectivity index (χ4n) is 3.34. The zero-order valence-electron chi connectivity index (χ0n) is 13.5. The van der Waals surface area contributed by atoms with Crippen molar-refractivity contribution in [2.24, 2.45) is 11.7 Å². The molecule has 5 N–H and O–H groups in total. The highest BCUT2D eigenvalue weighted by Gasteiger charge is 2.29. The molecule has 0 spiro atoms. The summed E-state index contributed by atoms with van der Waals surface area (Å²) >= 11 is 0. The Hall–Kier alpha value is -1.91. The number of carbonyl (C=O) groups is 1. The Morgan fingerprint density at radius 1 is 1.23 bits per heavy atom. The first-order valence-corrected chi connectivity index (χ1v) is 7.94. The van der Waals surface area contributed by atoms with Crippen molar-refractivity contribution in [2.75, 3.05) is 11.1 Å². The van der Waals surface area contributed by atoms with Crippen LogP contribution in [0, 0.1) is 5.92 Å². The van der Waals surface area contributed by atoms with Crippen LogP contribution in [-0.4, -0.2) is 17.7 Å². The molecule has 1 fully saturated rings. The van der Waals surface area contributed by atoms with Gasteiger partial charge in [0, 0.05) is 17.4 Å². The van der Waals surface area contributed by atoms with E-state index in [4.69, 9.17) is 16.2 Å². The molecule has 0 unspecified atom stereocenters. The highest BCUT2D eigenvalue weighted by atomic mass is 16.6. The summed E-state index contributed by atoms with van der Waals surface area (Å²) in [5.74, 6) is 0.582. The van der Waals surface area contributed by atoms with E-state index >= 15 is 0 Å². The summed E-state index contributed by atoms with van der Waals surface area (Å²) in [5.41, 5.74) is 12.2. The fourth-order valence-corrected chi connectivity index (χ4v) is 3.34. The Morgan fingerprint density at radius 2 is 1.82 bits per heavy atom. The zero-order chi connectivity index (χ0) is 16.2. The quantitative estimate of drug-likeness (QED) is 0.726. The van der Waals surface area contributed by atoms with Crippen LogP contribution in [0.15, 0.2) is 24.3 Å². The van der Waals surface area contributed by atoms with Crippen LogP contribution >= 0.6 is 0 Å². The number of hydrogen-bond donors (Lipinski definition) is 3. The molecule has 5 nitrogen and oxygen atoms in total. The summed E-state index contributed by atoms with van der Waals surface area (Å²) in [7, 11) is 0. The second-order valence-electron chi connectivity index (χ2n) is 6.87. The first-order chi connectivity index (χ1) is 10.3. The van der Waals surface area contributed by atoms with Crippen molar-refractivity contribution in [3.05, 3.63) is 24.3 Å². The molecule has 0 aromatic heterocycles. The Bertz CT molecular complexity index is 491. The molecule has 1 saturated carbocycles. The number of ether oxygens (including phenoxy) is 1. The minimum absolute atomic E-state index is 0.478. The molecule has 5 heteroatoms. The highest BCUT2D eigenvalue weighted by molar-refractivity contribution is 5.65. The van der Waals surface area contributed by atoms with Crippen molar-refractivity contribution in [3.63, 3.8) is 0 Å². The average Bonchev–Trinajstić information content (AvgIpc) is 2.42. The van der Waals surface area contributed by atoms with Crippen molar-refractivity contribution in [2.45, 2.75) is 57.6 Å². The normalized spacial score (nSPS) is 22.1. The lowest BCUT2D eigenvalue weighted by Crippen LogP contribution is -2.35. The molecule has 1 aromatic rings. The van der Waals surface area contributed by atoms with Gasteiger partial charge in [-0.05, 0) is 76.1 Å². The van der Waals surface area contributed by atoms with Crippen molar-refractivity contribution in [1.82, 2.24) is 0 Å². The van der Waals surface area contributed by atoms with Crippen LogP contribution in [0.5, 0.6) is 0 Å². The molecule has 1 amide bonds. The molecule has 0 saturated heterocycles. The number of rotatable bonds is 5. The molecule has 22 heavy (non-hydrogen) atoms. The van der Waals surface area contributed by atoms with Crippen molar-refractivity contribution >= 4 is 17.5 Å². The van der Waals surface area contributed by atoms with Gasteiger partial charge in [0.25, 0.3) is 0 Å². The number of anilines is 2. The maximum Gasteiger partial charge on any atom is 0.405 e. The molecule has 122 valence electrons. The predicted molar refractivity (Wildman–Crippen MR) is 89.6 cm³/mol. The minimum Gasteiger partial charge on any atom is -0.444 e. The summed E-state index contributed by atoms with van der Waals surface area (Å²) in [6.45, 7) is 3.85. The van der Waals surface area contributed by atoms with Gasteiger partial charge in [0.2, 0.25) is 0 Å². The molecule has 1 aliphatic rings. The van der Waals surface area contributed by atoms with Crippen LogP contribution in [0.3, 0.4) is 0 Å². The summed E-state index contributed by atoms with van der Waals surface area (Å²) in [4.78, 5) is 10.9. The topological polar surface area (TPSA) is 90.4 Å². The van der Waals surface area contributed by atoms with Gasteiger partial charge in [-0.2, -0.15) is 0 Å². The van der Waals surface area contributed by atoms with Crippen LogP contribution in [-0.2, 0) is 4.74 Å². The Labute approximate surface area is 132 Å². The molecule has 0 heterocycles. The first-order valence-electron chi connectivity index (χ1n) is 7.94. The number of carbonyl (C=O) groups excluding carboxylic acids is 1. The molecular weight excluding hydrogens is 278 g/mol. The van der Waals surface area contributed by atoms with Crippen LogP contribution in [0.4, 0.5) is 16.2 Å². The second kappa shape index (κ2) is 6.90. The molecule has 0 radical (unpaired) electrons. The third-order valence-electron chi connectivity index (χ3n) is 4.29. The third-order valence-corrected chi connectivity index (χ3v) is 4.29. The van der Waals surface area contributed by atoms with E-state index in [0.717, 1.165) is 43.5 Å². The van der Waals surface area contributed by atoms with Crippen molar-refractivity contribution < 1.29 is 9.53 Å². The highest BCUT2D eigenvalue weighted by Crippen LogP contribution is 2.33. The number of benzene rings is 1. The Balaban J connectivity index is 1.78. The summed E-state index contributed by atoms with van der Waals surface area (Å²) in [5, 5.41) is 3.56. The molecule has 0 atom stereocenters. The van der Waals surface area contributed by atoms with Gasteiger partial charge < -0.3 is 21.5 Å². The number of primary amides is 1. The van der Waals surface area contributed by atoms with Gasteiger partial charge in [0.1, 0.15) is 5.60 Å². The van der Waals surface area contributed by atoms with Crippen molar-refractivity contribution in [1.29, 1.82) is 0 Å². The van der Waals surface area contributed by atoms with Gasteiger partial charge in [-0.3, -0.25) is 0 Å². The largest absolute Gasteiger partial charge is 0.444 e. The Kier molecular flexibility index (Phi) is 5.16. The van der Waals surface area contributed by atoms with Crippen LogP contribution in [0.1, 0.15) is 46.0 Å². The lowest BCUT2D eigenvalue weighted by Gasteiger charge is -2.34. The lowest BCUT2D eigenvalue weighted by atomic mass is 9.80. The smallest absolute Gasteiger partial charge is 0.405 e. The molecule has 0 aliphatic heterocycles. The molecule has 0 bridgehead atoms. The van der Waals surface area contributed by atoms with E-state index in [-0.39, 0.29) is 0 Å². The molecule has 1 aliphatic carbocycles. The van der Waals surface area contributed by atoms with Gasteiger partial charge in [-0.25, -0.2) is 4.79 Å². The van der Waals surface area contributed by atoms with E-state index in [1.165, 1.54) is 0 Å². The fraction of sp³-hybridized carbons (Fsp3) is 0.588. The van der Waals surface area contributed by atoms with E-state index in [1.54, 1.807) is 0 Å². The number of nitrogens with one attached hydrogen (secondary N) is 1. The van der Waals surface area contributed by atoms with E-state index in [9.17, 15) is 4.79 Å².